The first-order chi connectivity index (χ1) is 13.8. The average Bonchev–Trinajstić information content (AvgIpc) is 3.13. The molecule has 0 amide bonds. The first kappa shape index (κ1) is 18.7. The Bertz CT molecular complexity index is 928. The van der Waals surface area contributed by atoms with Gasteiger partial charge < -0.3 is 4.90 Å². The summed E-state index contributed by atoms with van der Waals surface area (Å²) in [4.78, 5) is 2.31. The molecule has 4 rings (SSSR count). The van der Waals surface area contributed by atoms with Crippen molar-refractivity contribution in [2.24, 2.45) is 0 Å². The number of anilines is 1. The summed E-state index contributed by atoms with van der Waals surface area (Å²) < 4.78 is 2.14. The average molecular weight is 375 g/mol. The largest absolute Gasteiger partial charge is 0.370 e. The Morgan fingerprint density at radius 1 is 0.857 bits per heavy atom. The number of nitrogens with zero attached hydrogens (tertiary/aromatic N) is 4. The van der Waals surface area contributed by atoms with Crippen LogP contribution in [0.15, 0.2) is 48.5 Å². The van der Waals surface area contributed by atoms with Gasteiger partial charge in [-0.15, -0.1) is 5.10 Å². The van der Waals surface area contributed by atoms with Gasteiger partial charge in [0.25, 0.3) is 0 Å². The van der Waals surface area contributed by atoms with E-state index in [1.165, 1.54) is 60.2 Å². The minimum absolute atomic E-state index is 0.884. The Morgan fingerprint density at radius 3 is 2.43 bits per heavy atom. The van der Waals surface area contributed by atoms with Crippen LogP contribution in [-0.4, -0.2) is 22.0 Å². The molecular formula is C24H30N4. The van der Waals surface area contributed by atoms with Crippen molar-refractivity contribution in [3.8, 4) is 22.5 Å². The lowest BCUT2D eigenvalue weighted by molar-refractivity contribution is 0.519. The second-order valence-corrected chi connectivity index (χ2v) is 7.81. The summed E-state index contributed by atoms with van der Waals surface area (Å²) in [6, 6.07) is 17.2. The molecule has 1 aliphatic heterocycles. The van der Waals surface area contributed by atoms with Crippen molar-refractivity contribution in [1.82, 2.24) is 15.0 Å². The molecule has 4 nitrogen and oxygen atoms in total. The summed E-state index contributed by atoms with van der Waals surface area (Å²) in [5, 5.41) is 9.23. The van der Waals surface area contributed by atoms with Crippen molar-refractivity contribution in [3.63, 3.8) is 0 Å². The summed E-state index contributed by atoms with van der Waals surface area (Å²) in [5.41, 5.74) is 7.14. The van der Waals surface area contributed by atoms with Crippen LogP contribution in [0, 0.1) is 0 Å². The molecule has 0 radical (unpaired) electrons. The lowest BCUT2D eigenvalue weighted by Gasteiger charge is -2.26. The lowest BCUT2D eigenvalue weighted by Crippen LogP contribution is -2.19. The van der Waals surface area contributed by atoms with E-state index < -0.39 is 0 Å². The molecule has 0 saturated carbocycles. The van der Waals surface area contributed by atoms with E-state index in [0.29, 0.717) is 0 Å². The normalized spacial score (nSPS) is 12.7. The standard InChI is InChI=1S/C24H30N4/c1-3-4-5-6-7-12-17-28-24-20-14-9-8-13-19(20)18-27(2)22-16-11-10-15-21(22)23(24)25-26-28/h8-11,13-16H,3-7,12,17-18H2,1-2H3. The van der Waals surface area contributed by atoms with Crippen LogP contribution < -0.4 is 4.90 Å². The Balaban J connectivity index is 1.70. The van der Waals surface area contributed by atoms with Gasteiger partial charge >= 0.3 is 0 Å². The zero-order chi connectivity index (χ0) is 19.3. The van der Waals surface area contributed by atoms with Crippen LogP contribution in [0.3, 0.4) is 0 Å². The number of rotatable bonds is 7. The molecule has 146 valence electrons. The molecule has 0 bridgehead atoms. The van der Waals surface area contributed by atoms with Crippen LogP contribution in [0.4, 0.5) is 5.69 Å². The second-order valence-electron chi connectivity index (χ2n) is 7.81. The zero-order valence-corrected chi connectivity index (χ0v) is 17.1. The van der Waals surface area contributed by atoms with Crippen molar-refractivity contribution in [2.45, 2.75) is 58.5 Å². The van der Waals surface area contributed by atoms with Crippen molar-refractivity contribution in [1.29, 1.82) is 0 Å². The highest BCUT2D eigenvalue weighted by Gasteiger charge is 2.24. The molecule has 0 fully saturated rings. The Kier molecular flexibility index (Phi) is 5.75. The van der Waals surface area contributed by atoms with Crippen LogP contribution >= 0.6 is 0 Å². The number of aromatic nitrogens is 3. The van der Waals surface area contributed by atoms with Crippen LogP contribution in [0.1, 0.15) is 51.0 Å². The van der Waals surface area contributed by atoms with E-state index in [9.17, 15) is 0 Å². The molecule has 2 aromatic carbocycles. The summed E-state index contributed by atoms with van der Waals surface area (Å²) in [5.74, 6) is 0. The van der Waals surface area contributed by atoms with Crippen molar-refractivity contribution >= 4 is 5.69 Å². The van der Waals surface area contributed by atoms with Gasteiger partial charge in [0.1, 0.15) is 5.69 Å². The molecule has 0 saturated heterocycles. The second kappa shape index (κ2) is 8.59. The van der Waals surface area contributed by atoms with Gasteiger partial charge in [0, 0.05) is 37.0 Å². The molecule has 1 aliphatic rings. The number of para-hydroxylation sites is 1. The fourth-order valence-corrected chi connectivity index (χ4v) is 4.20. The summed E-state index contributed by atoms with van der Waals surface area (Å²) in [6.45, 7) is 4.08. The lowest BCUT2D eigenvalue weighted by atomic mass is 9.96. The maximum Gasteiger partial charge on any atom is 0.123 e. The number of aryl methyl sites for hydroxylation is 1. The van der Waals surface area contributed by atoms with Crippen molar-refractivity contribution in [2.75, 3.05) is 11.9 Å². The highest BCUT2D eigenvalue weighted by Crippen LogP contribution is 2.40. The van der Waals surface area contributed by atoms with Gasteiger partial charge in [-0.2, -0.15) is 0 Å². The smallest absolute Gasteiger partial charge is 0.123 e. The third-order valence-corrected chi connectivity index (χ3v) is 5.71. The Morgan fingerprint density at radius 2 is 1.57 bits per heavy atom. The minimum atomic E-state index is 0.884. The quantitative estimate of drug-likeness (QED) is 0.481. The van der Waals surface area contributed by atoms with Crippen LogP contribution in [-0.2, 0) is 13.1 Å². The van der Waals surface area contributed by atoms with Gasteiger partial charge in [0.2, 0.25) is 0 Å². The number of unbranched alkanes of at least 4 members (excludes halogenated alkanes) is 5. The van der Waals surface area contributed by atoms with E-state index >= 15 is 0 Å². The summed E-state index contributed by atoms with van der Waals surface area (Å²) in [7, 11) is 2.15. The van der Waals surface area contributed by atoms with Gasteiger partial charge in [-0.05, 0) is 18.1 Å². The van der Waals surface area contributed by atoms with E-state index in [1.807, 2.05) is 0 Å². The number of hydrogen-bond donors (Lipinski definition) is 0. The first-order valence-corrected chi connectivity index (χ1v) is 10.6. The van der Waals surface area contributed by atoms with E-state index in [2.05, 4.69) is 82.4 Å². The molecule has 0 spiro atoms. The molecule has 2 heterocycles. The van der Waals surface area contributed by atoms with Crippen LogP contribution in [0.5, 0.6) is 0 Å². The monoisotopic (exact) mass is 374 g/mol. The van der Waals surface area contributed by atoms with Crippen molar-refractivity contribution < 1.29 is 0 Å². The molecule has 4 heteroatoms. The van der Waals surface area contributed by atoms with Crippen LogP contribution in [0.25, 0.3) is 22.5 Å². The molecule has 28 heavy (non-hydrogen) atoms. The molecule has 3 aromatic rings. The highest BCUT2D eigenvalue weighted by molar-refractivity contribution is 5.87. The topological polar surface area (TPSA) is 34.0 Å². The molecule has 1 aromatic heterocycles. The molecule has 0 unspecified atom stereocenters. The number of hydrogen-bond acceptors (Lipinski definition) is 3. The molecule has 0 atom stereocenters. The maximum absolute atomic E-state index is 4.65. The maximum atomic E-state index is 4.65. The Hall–Kier alpha value is -2.62. The predicted octanol–water partition coefficient (Wildman–Crippen LogP) is 5.92. The van der Waals surface area contributed by atoms with E-state index in [1.54, 1.807) is 0 Å². The fourth-order valence-electron chi connectivity index (χ4n) is 4.20. The molecule has 0 aliphatic carbocycles. The van der Waals surface area contributed by atoms with E-state index in [0.717, 1.165) is 25.2 Å². The SMILES string of the molecule is CCCCCCCCn1nnc2c1-c1ccccc1CN(C)c1ccccc1-2. The van der Waals surface area contributed by atoms with E-state index in [-0.39, 0.29) is 0 Å². The highest BCUT2D eigenvalue weighted by atomic mass is 15.4. The van der Waals surface area contributed by atoms with Gasteiger partial charge in [-0.3, -0.25) is 0 Å². The number of fused-ring (bicyclic) bond motifs is 5. The minimum Gasteiger partial charge on any atom is -0.370 e. The molecule has 0 N–H and O–H groups in total. The predicted molar refractivity (Wildman–Crippen MR) is 116 cm³/mol. The zero-order valence-electron chi connectivity index (χ0n) is 17.1. The van der Waals surface area contributed by atoms with Gasteiger partial charge in [0.15, 0.2) is 0 Å². The fraction of sp³-hybridized carbons (Fsp3) is 0.417. The van der Waals surface area contributed by atoms with Gasteiger partial charge in [-0.25, -0.2) is 4.68 Å². The third kappa shape index (κ3) is 3.68. The summed E-state index contributed by atoms with van der Waals surface area (Å²) in [6.07, 6.45) is 7.71. The summed E-state index contributed by atoms with van der Waals surface area (Å²) >= 11 is 0. The van der Waals surface area contributed by atoms with Crippen LogP contribution in [0.2, 0.25) is 0 Å². The first-order valence-electron chi connectivity index (χ1n) is 10.6. The third-order valence-electron chi connectivity index (χ3n) is 5.71. The van der Waals surface area contributed by atoms with Gasteiger partial charge in [0.05, 0.1) is 5.69 Å². The van der Waals surface area contributed by atoms with Crippen molar-refractivity contribution in [3.05, 3.63) is 54.1 Å². The van der Waals surface area contributed by atoms with E-state index in [4.69, 9.17) is 0 Å². The van der Waals surface area contributed by atoms with Gasteiger partial charge in [-0.1, -0.05) is 86.7 Å². The number of benzene rings is 2. The Labute approximate surface area is 168 Å². The molecular weight excluding hydrogens is 344 g/mol.